The number of carbonyl (C=O) groups excluding carboxylic acids is 3. The van der Waals surface area contributed by atoms with Gasteiger partial charge in [0.05, 0.1) is 12.1 Å². The van der Waals surface area contributed by atoms with Crippen LogP contribution in [0.25, 0.3) is 0 Å². The summed E-state index contributed by atoms with van der Waals surface area (Å²) in [6.45, 7) is 9.12. The van der Waals surface area contributed by atoms with Crippen molar-refractivity contribution in [2.75, 3.05) is 0 Å². The number of ether oxygens (including phenoxy) is 1. The molecule has 8 heteroatoms. The molecule has 3 amide bonds. The van der Waals surface area contributed by atoms with E-state index in [1.807, 2.05) is 44.2 Å². The maximum Gasteiger partial charge on any atom is 0.407 e. The van der Waals surface area contributed by atoms with Crippen molar-refractivity contribution < 1.29 is 19.1 Å². The SMILES string of the molecule is CC(C)C[C@H](N[C@@H](C(N)=O)[C@H](Cc1ccccc1)NC(=O)OC(C)(C)C)C(N)=O. The molecule has 29 heavy (non-hydrogen) atoms. The number of hydrogen-bond donors (Lipinski definition) is 4. The Hall–Kier alpha value is -2.61. The molecular weight excluding hydrogens is 372 g/mol. The van der Waals surface area contributed by atoms with Gasteiger partial charge in [0, 0.05) is 0 Å². The second-order valence-corrected chi connectivity index (χ2v) is 8.57. The van der Waals surface area contributed by atoms with Crippen molar-refractivity contribution >= 4 is 17.9 Å². The van der Waals surface area contributed by atoms with Crippen LogP contribution < -0.4 is 22.1 Å². The van der Waals surface area contributed by atoms with Crippen LogP contribution in [0.1, 0.15) is 46.6 Å². The van der Waals surface area contributed by atoms with E-state index < -0.39 is 41.6 Å². The van der Waals surface area contributed by atoms with Crippen molar-refractivity contribution in [2.24, 2.45) is 17.4 Å². The monoisotopic (exact) mass is 406 g/mol. The fraction of sp³-hybridized carbons (Fsp3) is 0.571. The van der Waals surface area contributed by atoms with Gasteiger partial charge in [0.2, 0.25) is 11.8 Å². The molecule has 3 atom stereocenters. The highest BCUT2D eigenvalue weighted by molar-refractivity contribution is 5.84. The molecule has 0 bridgehead atoms. The molecule has 8 nitrogen and oxygen atoms in total. The fourth-order valence-electron chi connectivity index (χ4n) is 2.93. The molecule has 0 aliphatic heterocycles. The average molecular weight is 407 g/mol. The number of primary amides is 2. The second-order valence-electron chi connectivity index (χ2n) is 8.57. The number of amides is 3. The van der Waals surface area contributed by atoms with Crippen molar-refractivity contribution in [2.45, 2.75) is 71.2 Å². The summed E-state index contributed by atoms with van der Waals surface area (Å²) in [5.41, 5.74) is 11.3. The number of nitrogens with two attached hydrogens (primary N) is 2. The Morgan fingerprint density at radius 3 is 2.07 bits per heavy atom. The zero-order chi connectivity index (χ0) is 22.2. The number of rotatable bonds is 10. The molecule has 6 N–H and O–H groups in total. The minimum Gasteiger partial charge on any atom is -0.444 e. The van der Waals surface area contributed by atoms with E-state index in [2.05, 4.69) is 10.6 Å². The Bertz CT molecular complexity index is 686. The third kappa shape index (κ3) is 9.43. The summed E-state index contributed by atoms with van der Waals surface area (Å²) in [7, 11) is 0. The standard InChI is InChI=1S/C21H34N4O4/c1-13(2)11-16(18(22)26)24-17(19(23)27)15(12-14-9-7-6-8-10-14)25-20(28)29-21(3,4)5/h6-10,13,15-17,24H,11-12H2,1-5H3,(H2,22,26)(H2,23,27)(H,25,28)/t15-,16-,17+/m0/s1. The van der Waals surface area contributed by atoms with Crippen LogP contribution in [0.5, 0.6) is 0 Å². The minimum atomic E-state index is -1.01. The molecule has 0 heterocycles. The van der Waals surface area contributed by atoms with Gasteiger partial charge in [-0.2, -0.15) is 0 Å². The van der Waals surface area contributed by atoms with Crippen LogP contribution in [0.2, 0.25) is 0 Å². The topological polar surface area (TPSA) is 137 Å². The summed E-state index contributed by atoms with van der Waals surface area (Å²) in [5, 5.41) is 5.68. The van der Waals surface area contributed by atoms with E-state index in [9.17, 15) is 14.4 Å². The Balaban J connectivity index is 3.13. The number of carbonyl (C=O) groups is 3. The molecule has 0 aliphatic rings. The van der Waals surface area contributed by atoms with Crippen molar-refractivity contribution in [1.29, 1.82) is 0 Å². The highest BCUT2D eigenvalue weighted by Crippen LogP contribution is 2.12. The first-order valence-corrected chi connectivity index (χ1v) is 9.77. The normalized spacial score (nSPS) is 14.7. The molecule has 0 aromatic heterocycles. The zero-order valence-electron chi connectivity index (χ0n) is 17.9. The summed E-state index contributed by atoms with van der Waals surface area (Å²) in [6, 6.07) is 6.83. The third-order valence-electron chi connectivity index (χ3n) is 4.14. The van der Waals surface area contributed by atoms with E-state index >= 15 is 0 Å². The van der Waals surface area contributed by atoms with Crippen LogP contribution in [0.4, 0.5) is 4.79 Å². The minimum absolute atomic E-state index is 0.167. The zero-order valence-corrected chi connectivity index (χ0v) is 17.9. The van der Waals surface area contributed by atoms with E-state index in [0.717, 1.165) is 5.56 Å². The van der Waals surface area contributed by atoms with Gasteiger partial charge in [0.1, 0.15) is 11.6 Å². The third-order valence-corrected chi connectivity index (χ3v) is 4.14. The molecule has 0 saturated carbocycles. The molecule has 1 rings (SSSR count). The highest BCUT2D eigenvalue weighted by Gasteiger charge is 2.33. The molecule has 0 spiro atoms. The molecule has 1 aromatic carbocycles. The quantitative estimate of drug-likeness (QED) is 0.466. The van der Waals surface area contributed by atoms with Gasteiger partial charge in [-0.1, -0.05) is 44.2 Å². The van der Waals surface area contributed by atoms with Gasteiger partial charge < -0.3 is 21.5 Å². The van der Waals surface area contributed by atoms with Crippen molar-refractivity contribution in [3.63, 3.8) is 0 Å². The van der Waals surface area contributed by atoms with Gasteiger partial charge in [0.15, 0.2) is 0 Å². The van der Waals surface area contributed by atoms with Crippen LogP contribution in [-0.2, 0) is 20.7 Å². The van der Waals surface area contributed by atoms with E-state index in [0.29, 0.717) is 12.8 Å². The van der Waals surface area contributed by atoms with Gasteiger partial charge in [-0.25, -0.2) is 4.79 Å². The Kier molecular flexibility index (Phi) is 9.10. The molecule has 0 radical (unpaired) electrons. The van der Waals surface area contributed by atoms with Crippen LogP contribution in [-0.4, -0.2) is 41.6 Å². The van der Waals surface area contributed by atoms with E-state index in [1.54, 1.807) is 20.8 Å². The maximum atomic E-state index is 12.4. The highest BCUT2D eigenvalue weighted by atomic mass is 16.6. The van der Waals surface area contributed by atoms with E-state index in [4.69, 9.17) is 16.2 Å². The number of nitrogens with one attached hydrogen (secondary N) is 2. The van der Waals surface area contributed by atoms with Crippen LogP contribution >= 0.6 is 0 Å². The number of alkyl carbamates (subject to hydrolysis) is 1. The summed E-state index contributed by atoms with van der Waals surface area (Å²) < 4.78 is 5.33. The summed E-state index contributed by atoms with van der Waals surface area (Å²) in [6.07, 6.45) is 0.0724. The first kappa shape index (κ1) is 24.4. The van der Waals surface area contributed by atoms with Gasteiger partial charge in [0.25, 0.3) is 0 Å². The molecular formula is C21H34N4O4. The predicted molar refractivity (Wildman–Crippen MR) is 112 cm³/mol. The van der Waals surface area contributed by atoms with Crippen molar-refractivity contribution in [3.8, 4) is 0 Å². The molecule has 0 aliphatic carbocycles. The van der Waals surface area contributed by atoms with Gasteiger partial charge in [-0.3, -0.25) is 14.9 Å². The molecule has 0 fully saturated rings. The lowest BCUT2D eigenvalue weighted by molar-refractivity contribution is -0.123. The van der Waals surface area contributed by atoms with Crippen LogP contribution in [0.15, 0.2) is 30.3 Å². The van der Waals surface area contributed by atoms with Gasteiger partial charge in [-0.05, 0) is 45.1 Å². The first-order chi connectivity index (χ1) is 13.4. The number of hydrogen-bond acceptors (Lipinski definition) is 5. The van der Waals surface area contributed by atoms with E-state index in [-0.39, 0.29) is 5.92 Å². The Morgan fingerprint density at radius 1 is 1.03 bits per heavy atom. The summed E-state index contributed by atoms with van der Waals surface area (Å²) in [5.74, 6) is -1.11. The summed E-state index contributed by atoms with van der Waals surface area (Å²) >= 11 is 0. The Morgan fingerprint density at radius 2 is 1.62 bits per heavy atom. The van der Waals surface area contributed by atoms with Gasteiger partial charge >= 0.3 is 6.09 Å². The van der Waals surface area contributed by atoms with Crippen molar-refractivity contribution in [3.05, 3.63) is 35.9 Å². The predicted octanol–water partition coefficient (Wildman–Crippen LogP) is 1.47. The molecule has 0 saturated heterocycles. The number of benzene rings is 1. The van der Waals surface area contributed by atoms with Crippen molar-refractivity contribution in [1.82, 2.24) is 10.6 Å². The lowest BCUT2D eigenvalue weighted by Crippen LogP contribution is -2.61. The van der Waals surface area contributed by atoms with Crippen LogP contribution in [0, 0.1) is 5.92 Å². The molecule has 162 valence electrons. The average Bonchev–Trinajstić information content (AvgIpc) is 2.56. The van der Waals surface area contributed by atoms with Crippen LogP contribution in [0.3, 0.4) is 0 Å². The van der Waals surface area contributed by atoms with E-state index in [1.165, 1.54) is 0 Å². The second kappa shape index (κ2) is 10.8. The van der Waals surface area contributed by atoms with Gasteiger partial charge in [-0.15, -0.1) is 0 Å². The lowest BCUT2D eigenvalue weighted by atomic mass is 9.96. The smallest absolute Gasteiger partial charge is 0.407 e. The first-order valence-electron chi connectivity index (χ1n) is 9.77. The molecule has 1 aromatic rings. The lowest BCUT2D eigenvalue weighted by Gasteiger charge is -2.31. The molecule has 0 unspecified atom stereocenters. The summed E-state index contributed by atoms with van der Waals surface area (Å²) in [4.78, 5) is 36.5. The largest absolute Gasteiger partial charge is 0.444 e. The fourth-order valence-corrected chi connectivity index (χ4v) is 2.93. The maximum absolute atomic E-state index is 12.4. The Labute approximate surface area is 172 Å².